The second-order valence-electron chi connectivity index (χ2n) is 8.19. The zero-order valence-corrected chi connectivity index (χ0v) is 18.9. The van der Waals surface area contributed by atoms with Crippen molar-refractivity contribution in [1.29, 1.82) is 0 Å². The van der Waals surface area contributed by atoms with Crippen molar-refractivity contribution in [2.24, 2.45) is 5.92 Å². The molecule has 1 saturated heterocycles. The van der Waals surface area contributed by atoms with Gasteiger partial charge in [0.05, 0.1) is 11.3 Å². The number of anilines is 1. The van der Waals surface area contributed by atoms with E-state index in [0.29, 0.717) is 11.5 Å². The molecule has 30 heavy (non-hydrogen) atoms. The van der Waals surface area contributed by atoms with Gasteiger partial charge in [0.25, 0.3) is 5.91 Å². The first kappa shape index (κ1) is 22.4. The van der Waals surface area contributed by atoms with E-state index in [1.165, 1.54) is 11.8 Å². The molecule has 2 aromatic carbocycles. The van der Waals surface area contributed by atoms with Crippen LogP contribution in [0.1, 0.15) is 29.8 Å². The minimum atomic E-state index is -0.0756. The molecule has 0 spiro atoms. The van der Waals surface area contributed by atoms with Crippen LogP contribution in [0, 0.1) is 12.8 Å². The van der Waals surface area contributed by atoms with E-state index in [0.717, 1.165) is 48.9 Å². The van der Waals surface area contributed by atoms with Crippen molar-refractivity contribution >= 4 is 29.3 Å². The normalized spacial score (nSPS) is 14.7. The van der Waals surface area contributed by atoms with E-state index >= 15 is 0 Å². The van der Waals surface area contributed by atoms with Crippen LogP contribution < -0.4 is 5.32 Å². The Morgan fingerprint density at radius 3 is 2.33 bits per heavy atom. The van der Waals surface area contributed by atoms with E-state index in [-0.39, 0.29) is 17.6 Å². The van der Waals surface area contributed by atoms with Crippen LogP contribution in [0.25, 0.3) is 0 Å². The van der Waals surface area contributed by atoms with E-state index in [1.54, 1.807) is 0 Å². The van der Waals surface area contributed by atoms with Gasteiger partial charge in [-0.25, -0.2) is 0 Å². The number of carbonyl (C=O) groups excluding carboxylic acids is 2. The van der Waals surface area contributed by atoms with Gasteiger partial charge in [-0.1, -0.05) is 43.7 Å². The monoisotopic (exact) mass is 425 g/mol. The van der Waals surface area contributed by atoms with Crippen molar-refractivity contribution in [3.63, 3.8) is 0 Å². The van der Waals surface area contributed by atoms with Gasteiger partial charge in [0, 0.05) is 43.3 Å². The van der Waals surface area contributed by atoms with Crippen molar-refractivity contribution in [1.82, 2.24) is 9.80 Å². The molecular formula is C24H31N3O2S. The lowest BCUT2D eigenvalue weighted by Crippen LogP contribution is -2.49. The third-order valence-corrected chi connectivity index (χ3v) is 6.17. The van der Waals surface area contributed by atoms with Crippen molar-refractivity contribution in [3.05, 3.63) is 59.7 Å². The summed E-state index contributed by atoms with van der Waals surface area (Å²) in [6, 6.07) is 15.3. The highest BCUT2D eigenvalue weighted by Gasteiger charge is 2.24. The summed E-state index contributed by atoms with van der Waals surface area (Å²) >= 11 is 1.41. The Bertz CT molecular complexity index is 859. The topological polar surface area (TPSA) is 52.7 Å². The number of rotatable bonds is 7. The fourth-order valence-corrected chi connectivity index (χ4v) is 4.41. The van der Waals surface area contributed by atoms with Gasteiger partial charge in [-0.2, -0.15) is 0 Å². The van der Waals surface area contributed by atoms with Crippen LogP contribution in [0.3, 0.4) is 0 Å². The molecule has 3 rings (SSSR count). The highest BCUT2D eigenvalue weighted by molar-refractivity contribution is 8.00. The van der Waals surface area contributed by atoms with E-state index < -0.39 is 0 Å². The molecule has 1 fully saturated rings. The fourth-order valence-electron chi connectivity index (χ4n) is 3.57. The number of thioether (sulfide) groups is 1. The summed E-state index contributed by atoms with van der Waals surface area (Å²) in [4.78, 5) is 30.7. The number of amides is 2. The van der Waals surface area contributed by atoms with Gasteiger partial charge in [0.2, 0.25) is 5.91 Å². The highest BCUT2D eigenvalue weighted by atomic mass is 32.2. The van der Waals surface area contributed by atoms with Crippen molar-refractivity contribution < 1.29 is 9.59 Å². The first-order valence-corrected chi connectivity index (χ1v) is 11.5. The standard InChI is InChI=1S/C24H31N3O2S/c1-18(2)16-26-12-14-27(15-13-26)24(29)21-6-4-5-7-22(21)30-17-23(28)25-20-10-8-19(3)9-11-20/h4-11,18H,12-17H2,1-3H3,(H,25,28). The molecule has 0 saturated carbocycles. The summed E-state index contributed by atoms with van der Waals surface area (Å²) < 4.78 is 0. The molecule has 0 bridgehead atoms. The Kier molecular flexibility index (Phi) is 7.94. The minimum absolute atomic E-state index is 0.0567. The smallest absolute Gasteiger partial charge is 0.255 e. The molecule has 2 amide bonds. The van der Waals surface area contributed by atoms with E-state index in [1.807, 2.05) is 60.4 Å². The zero-order valence-electron chi connectivity index (χ0n) is 18.1. The number of nitrogens with zero attached hydrogens (tertiary/aromatic N) is 2. The molecule has 1 heterocycles. The lowest BCUT2D eigenvalue weighted by atomic mass is 10.1. The third kappa shape index (κ3) is 6.34. The van der Waals surface area contributed by atoms with Gasteiger partial charge in [-0.05, 0) is 37.1 Å². The number of carbonyl (C=O) groups is 2. The summed E-state index contributed by atoms with van der Waals surface area (Å²) in [5, 5.41) is 2.91. The van der Waals surface area contributed by atoms with Gasteiger partial charge >= 0.3 is 0 Å². The van der Waals surface area contributed by atoms with Gasteiger partial charge in [0.15, 0.2) is 0 Å². The molecule has 1 N–H and O–H groups in total. The second-order valence-corrected chi connectivity index (χ2v) is 9.20. The number of hydrogen-bond acceptors (Lipinski definition) is 4. The Morgan fingerprint density at radius 2 is 1.67 bits per heavy atom. The van der Waals surface area contributed by atoms with Crippen molar-refractivity contribution in [2.75, 3.05) is 43.8 Å². The quantitative estimate of drug-likeness (QED) is 0.678. The molecule has 160 valence electrons. The molecule has 0 radical (unpaired) electrons. The average Bonchev–Trinajstić information content (AvgIpc) is 2.74. The molecule has 2 aromatic rings. The fraction of sp³-hybridized carbons (Fsp3) is 0.417. The molecule has 0 unspecified atom stereocenters. The van der Waals surface area contributed by atoms with E-state index in [4.69, 9.17) is 0 Å². The highest BCUT2D eigenvalue weighted by Crippen LogP contribution is 2.25. The molecule has 0 aliphatic carbocycles. The Hall–Kier alpha value is -2.31. The first-order valence-electron chi connectivity index (χ1n) is 10.5. The van der Waals surface area contributed by atoms with Crippen LogP contribution in [-0.4, -0.2) is 60.1 Å². The number of hydrogen-bond donors (Lipinski definition) is 1. The van der Waals surface area contributed by atoms with Crippen molar-refractivity contribution in [2.45, 2.75) is 25.7 Å². The molecule has 1 aliphatic heterocycles. The third-order valence-electron chi connectivity index (χ3n) is 5.09. The van der Waals surface area contributed by atoms with Crippen LogP contribution in [-0.2, 0) is 4.79 Å². The van der Waals surface area contributed by atoms with Gasteiger partial charge < -0.3 is 10.2 Å². The number of nitrogens with one attached hydrogen (secondary N) is 1. The maximum atomic E-state index is 13.1. The predicted molar refractivity (Wildman–Crippen MR) is 124 cm³/mol. The van der Waals surface area contributed by atoms with Crippen LogP contribution in [0.5, 0.6) is 0 Å². The summed E-state index contributed by atoms with van der Waals surface area (Å²) in [5.41, 5.74) is 2.62. The Balaban J connectivity index is 1.57. The molecular weight excluding hydrogens is 394 g/mol. The lowest BCUT2D eigenvalue weighted by Gasteiger charge is -2.35. The number of benzene rings is 2. The van der Waals surface area contributed by atoms with Crippen LogP contribution in [0.15, 0.2) is 53.4 Å². The summed E-state index contributed by atoms with van der Waals surface area (Å²) in [6.07, 6.45) is 0. The summed E-state index contributed by atoms with van der Waals surface area (Å²) in [5.74, 6) is 0.880. The first-order chi connectivity index (χ1) is 14.4. The van der Waals surface area contributed by atoms with E-state index in [2.05, 4.69) is 24.1 Å². The largest absolute Gasteiger partial charge is 0.336 e. The number of aryl methyl sites for hydroxylation is 1. The SMILES string of the molecule is Cc1ccc(NC(=O)CSc2ccccc2C(=O)N2CCN(CC(C)C)CC2)cc1. The average molecular weight is 426 g/mol. The maximum absolute atomic E-state index is 13.1. The van der Waals surface area contributed by atoms with Crippen LogP contribution >= 0.6 is 11.8 Å². The second kappa shape index (κ2) is 10.6. The molecule has 0 aromatic heterocycles. The minimum Gasteiger partial charge on any atom is -0.336 e. The Labute approximate surface area is 183 Å². The van der Waals surface area contributed by atoms with Gasteiger partial charge in [-0.15, -0.1) is 11.8 Å². The summed E-state index contributed by atoms with van der Waals surface area (Å²) in [6.45, 7) is 10.9. The maximum Gasteiger partial charge on any atom is 0.255 e. The molecule has 0 atom stereocenters. The van der Waals surface area contributed by atoms with Crippen LogP contribution in [0.2, 0.25) is 0 Å². The van der Waals surface area contributed by atoms with Gasteiger partial charge in [0.1, 0.15) is 0 Å². The molecule has 5 nitrogen and oxygen atoms in total. The van der Waals surface area contributed by atoms with Crippen LogP contribution in [0.4, 0.5) is 5.69 Å². The predicted octanol–water partition coefficient (Wildman–Crippen LogP) is 4.14. The van der Waals surface area contributed by atoms with E-state index in [9.17, 15) is 9.59 Å². The van der Waals surface area contributed by atoms with Crippen molar-refractivity contribution in [3.8, 4) is 0 Å². The zero-order chi connectivity index (χ0) is 21.5. The lowest BCUT2D eigenvalue weighted by molar-refractivity contribution is -0.113. The molecule has 1 aliphatic rings. The molecule has 6 heteroatoms. The van der Waals surface area contributed by atoms with Gasteiger partial charge in [-0.3, -0.25) is 14.5 Å². The Morgan fingerprint density at radius 1 is 1.00 bits per heavy atom. The summed E-state index contributed by atoms with van der Waals surface area (Å²) in [7, 11) is 0. The number of piperazine rings is 1.